The minimum atomic E-state index is -3.25. The van der Waals surface area contributed by atoms with Crippen LogP contribution in [0.15, 0.2) is 17.1 Å². The SMILES string of the molecule is CN=C(NCCS(=O)(=O)N1CCSCC1)NCc1cc(OC)c(OC)c(OC)c1.I. The van der Waals surface area contributed by atoms with E-state index in [4.69, 9.17) is 14.2 Å². The number of nitrogens with zero attached hydrogens (tertiary/aromatic N) is 2. The minimum Gasteiger partial charge on any atom is -0.493 e. The molecule has 0 aromatic heterocycles. The summed E-state index contributed by atoms with van der Waals surface area (Å²) in [7, 11) is 3.08. The summed E-state index contributed by atoms with van der Waals surface area (Å²) >= 11 is 1.78. The van der Waals surface area contributed by atoms with Crippen LogP contribution in [-0.2, 0) is 16.6 Å². The molecule has 12 heteroatoms. The summed E-state index contributed by atoms with van der Waals surface area (Å²) in [5.74, 6) is 3.92. The summed E-state index contributed by atoms with van der Waals surface area (Å²) in [6.45, 7) is 1.90. The van der Waals surface area contributed by atoms with Crippen LogP contribution >= 0.6 is 35.7 Å². The van der Waals surface area contributed by atoms with Crippen LogP contribution in [0, 0.1) is 0 Å². The van der Waals surface area contributed by atoms with Crippen molar-refractivity contribution in [3.8, 4) is 17.2 Å². The van der Waals surface area contributed by atoms with Gasteiger partial charge in [-0.05, 0) is 17.7 Å². The van der Waals surface area contributed by atoms with Gasteiger partial charge < -0.3 is 24.8 Å². The van der Waals surface area contributed by atoms with E-state index in [1.54, 1.807) is 44.4 Å². The zero-order valence-corrected chi connectivity index (χ0v) is 21.7. The van der Waals surface area contributed by atoms with E-state index < -0.39 is 10.0 Å². The Morgan fingerprint density at radius 2 is 1.70 bits per heavy atom. The molecule has 0 atom stereocenters. The van der Waals surface area contributed by atoms with Crippen LogP contribution in [0.25, 0.3) is 0 Å². The molecule has 0 aliphatic carbocycles. The van der Waals surface area contributed by atoms with E-state index in [0.29, 0.717) is 42.8 Å². The molecule has 1 aromatic carbocycles. The summed E-state index contributed by atoms with van der Waals surface area (Å²) in [6, 6.07) is 3.70. The lowest BCUT2D eigenvalue weighted by Gasteiger charge is -2.25. The third kappa shape index (κ3) is 7.54. The molecule has 1 fully saturated rings. The predicted molar refractivity (Wildman–Crippen MR) is 132 cm³/mol. The standard InChI is InChI=1S/C18H30N4O5S2.HI/c1-19-18(20-5-10-29(23,24)22-6-8-28-9-7-22)21-13-14-11-15(25-2)17(27-4)16(12-14)26-3;/h11-12H,5-10,13H2,1-4H3,(H2,19,20,21);1H. The first-order valence-electron chi connectivity index (χ1n) is 9.24. The zero-order valence-electron chi connectivity index (χ0n) is 17.8. The van der Waals surface area contributed by atoms with Gasteiger partial charge in [-0.25, -0.2) is 12.7 Å². The molecule has 1 aromatic rings. The van der Waals surface area contributed by atoms with Crippen molar-refractivity contribution in [3.63, 3.8) is 0 Å². The van der Waals surface area contributed by atoms with Gasteiger partial charge in [-0.15, -0.1) is 24.0 Å². The topological polar surface area (TPSA) is 101 Å². The molecule has 2 rings (SSSR count). The Labute approximate surface area is 200 Å². The third-order valence-electron chi connectivity index (χ3n) is 4.42. The molecule has 0 bridgehead atoms. The van der Waals surface area contributed by atoms with Crippen LogP contribution in [0.5, 0.6) is 17.2 Å². The highest BCUT2D eigenvalue weighted by atomic mass is 127. The summed E-state index contributed by atoms with van der Waals surface area (Å²) in [5, 5.41) is 6.22. The van der Waals surface area contributed by atoms with Crippen LogP contribution in [-0.4, -0.2) is 84.0 Å². The molecule has 0 radical (unpaired) electrons. The number of hydrogen-bond donors (Lipinski definition) is 2. The molecule has 172 valence electrons. The van der Waals surface area contributed by atoms with Gasteiger partial charge in [0.05, 0.1) is 27.1 Å². The number of nitrogens with one attached hydrogen (secondary N) is 2. The number of rotatable bonds is 9. The fraction of sp³-hybridized carbons (Fsp3) is 0.611. The molecule has 0 unspecified atom stereocenters. The van der Waals surface area contributed by atoms with E-state index in [2.05, 4.69) is 15.6 Å². The van der Waals surface area contributed by atoms with E-state index in [1.165, 1.54) is 0 Å². The number of hydrogen-bond acceptors (Lipinski definition) is 7. The van der Waals surface area contributed by atoms with Crippen LogP contribution in [0.2, 0.25) is 0 Å². The second kappa shape index (κ2) is 13.3. The lowest BCUT2D eigenvalue weighted by molar-refractivity contribution is 0.323. The van der Waals surface area contributed by atoms with Gasteiger partial charge in [0.2, 0.25) is 15.8 Å². The first-order chi connectivity index (χ1) is 13.9. The number of thioether (sulfide) groups is 1. The van der Waals surface area contributed by atoms with Crippen molar-refractivity contribution in [3.05, 3.63) is 17.7 Å². The van der Waals surface area contributed by atoms with E-state index in [1.807, 2.05) is 12.1 Å². The highest BCUT2D eigenvalue weighted by Crippen LogP contribution is 2.38. The Bertz CT molecular complexity index is 777. The molecule has 0 amide bonds. The van der Waals surface area contributed by atoms with Gasteiger partial charge in [0.25, 0.3) is 0 Å². The predicted octanol–water partition coefficient (Wildman–Crippen LogP) is 1.37. The van der Waals surface area contributed by atoms with Crippen LogP contribution in [0.3, 0.4) is 0 Å². The summed E-state index contributed by atoms with van der Waals surface area (Å²) in [5.41, 5.74) is 0.904. The highest BCUT2D eigenvalue weighted by molar-refractivity contribution is 14.0. The van der Waals surface area contributed by atoms with E-state index >= 15 is 0 Å². The fourth-order valence-corrected chi connectivity index (χ4v) is 5.39. The monoisotopic (exact) mass is 574 g/mol. The van der Waals surface area contributed by atoms with Gasteiger partial charge in [0.1, 0.15) is 0 Å². The number of guanidine groups is 1. The van der Waals surface area contributed by atoms with Crippen molar-refractivity contribution in [2.24, 2.45) is 4.99 Å². The Hall–Kier alpha value is -1.12. The van der Waals surface area contributed by atoms with E-state index in [9.17, 15) is 8.42 Å². The van der Waals surface area contributed by atoms with Crippen molar-refractivity contribution < 1.29 is 22.6 Å². The van der Waals surface area contributed by atoms with Crippen molar-refractivity contribution in [1.82, 2.24) is 14.9 Å². The third-order valence-corrected chi connectivity index (χ3v) is 7.24. The van der Waals surface area contributed by atoms with E-state index in [-0.39, 0.29) is 36.3 Å². The first kappa shape index (κ1) is 26.9. The fourth-order valence-electron chi connectivity index (χ4n) is 2.90. The Kier molecular flexibility index (Phi) is 12.0. The number of sulfonamides is 1. The lowest BCUT2D eigenvalue weighted by atomic mass is 10.2. The molecule has 1 aliphatic heterocycles. The van der Waals surface area contributed by atoms with Gasteiger partial charge in [-0.2, -0.15) is 11.8 Å². The number of aliphatic imine (C=N–C) groups is 1. The maximum atomic E-state index is 12.4. The number of methoxy groups -OCH3 is 3. The van der Waals surface area contributed by atoms with Gasteiger partial charge in [0, 0.05) is 44.7 Å². The zero-order chi connectivity index (χ0) is 21.3. The van der Waals surface area contributed by atoms with Crippen molar-refractivity contribution in [2.75, 3.05) is 65.3 Å². The molecule has 30 heavy (non-hydrogen) atoms. The lowest BCUT2D eigenvalue weighted by Crippen LogP contribution is -2.44. The van der Waals surface area contributed by atoms with Crippen LogP contribution in [0.4, 0.5) is 0 Å². The molecule has 2 N–H and O–H groups in total. The number of halogens is 1. The number of benzene rings is 1. The highest BCUT2D eigenvalue weighted by Gasteiger charge is 2.23. The van der Waals surface area contributed by atoms with Crippen molar-refractivity contribution in [2.45, 2.75) is 6.54 Å². The maximum absolute atomic E-state index is 12.4. The van der Waals surface area contributed by atoms with Gasteiger partial charge in [0.15, 0.2) is 17.5 Å². The van der Waals surface area contributed by atoms with Gasteiger partial charge >= 0.3 is 0 Å². The molecule has 1 heterocycles. The Morgan fingerprint density at radius 3 is 2.20 bits per heavy atom. The Morgan fingerprint density at radius 1 is 1.10 bits per heavy atom. The molecule has 0 spiro atoms. The normalized spacial score (nSPS) is 15.1. The average Bonchev–Trinajstić information content (AvgIpc) is 2.75. The summed E-state index contributed by atoms with van der Waals surface area (Å²) < 4.78 is 42.4. The molecule has 1 saturated heterocycles. The molecular formula is C18H31IN4O5S2. The second-order valence-electron chi connectivity index (χ2n) is 6.21. The molecule has 9 nitrogen and oxygen atoms in total. The van der Waals surface area contributed by atoms with Crippen LogP contribution in [0.1, 0.15) is 5.56 Å². The van der Waals surface area contributed by atoms with Crippen molar-refractivity contribution >= 4 is 51.7 Å². The van der Waals surface area contributed by atoms with Gasteiger partial charge in [-0.3, -0.25) is 4.99 Å². The maximum Gasteiger partial charge on any atom is 0.215 e. The first-order valence-corrected chi connectivity index (χ1v) is 12.0. The Balaban J connectivity index is 0.00000450. The largest absolute Gasteiger partial charge is 0.493 e. The summed E-state index contributed by atoms with van der Waals surface area (Å²) in [4.78, 5) is 4.15. The molecular weight excluding hydrogens is 543 g/mol. The smallest absolute Gasteiger partial charge is 0.215 e. The quantitative estimate of drug-likeness (QED) is 0.259. The second-order valence-corrected chi connectivity index (χ2v) is 9.53. The molecule has 1 aliphatic rings. The minimum absolute atomic E-state index is 0. The average molecular weight is 575 g/mol. The van der Waals surface area contributed by atoms with Crippen molar-refractivity contribution in [1.29, 1.82) is 0 Å². The van der Waals surface area contributed by atoms with Gasteiger partial charge in [-0.1, -0.05) is 0 Å². The van der Waals surface area contributed by atoms with Crippen LogP contribution < -0.4 is 24.8 Å². The number of ether oxygens (including phenoxy) is 3. The summed E-state index contributed by atoms with van der Waals surface area (Å²) in [6.07, 6.45) is 0. The van der Waals surface area contributed by atoms with E-state index in [0.717, 1.165) is 17.1 Å². The molecule has 0 saturated carbocycles.